The van der Waals surface area contributed by atoms with Crippen molar-refractivity contribution < 1.29 is 19.0 Å². The second kappa shape index (κ2) is 8.61. The van der Waals surface area contributed by atoms with Crippen LogP contribution in [-0.4, -0.2) is 46.9 Å². The van der Waals surface area contributed by atoms with Crippen LogP contribution in [0.25, 0.3) is 0 Å². The van der Waals surface area contributed by atoms with E-state index in [-0.39, 0.29) is 22.4 Å². The molecule has 1 fully saturated rings. The topological polar surface area (TPSA) is 53.0 Å². The van der Waals surface area contributed by atoms with Gasteiger partial charge in [0.05, 0.1) is 0 Å². The van der Waals surface area contributed by atoms with Crippen LogP contribution in [0.2, 0.25) is 0 Å². The Morgan fingerprint density at radius 2 is 1.71 bits per heavy atom. The summed E-state index contributed by atoms with van der Waals surface area (Å²) < 4.78 is 19.5. The largest absolute Gasteiger partial charge is 0.507 e. The number of fused-ring (bicyclic) bond motifs is 1. The van der Waals surface area contributed by atoms with E-state index in [4.69, 9.17) is 4.74 Å². The molecule has 2 unspecified atom stereocenters. The first kappa shape index (κ1) is 21.8. The lowest BCUT2D eigenvalue weighted by Gasteiger charge is -2.38. The minimum absolute atomic E-state index is 0.0314. The van der Waals surface area contributed by atoms with Crippen molar-refractivity contribution in [3.63, 3.8) is 0 Å². The van der Waals surface area contributed by atoms with Crippen LogP contribution in [0.5, 0.6) is 11.5 Å². The van der Waals surface area contributed by atoms with Gasteiger partial charge in [0.25, 0.3) is 5.24 Å². The number of phenolic OH excluding ortho intramolecular Hbond substituents is 1. The van der Waals surface area contributed by atoms with Gasteiger partial charge in [-0.1, -0.05) is 6.92 Å². The molecule has 0 bridgehead atoms. The second-order valence-corrected chi connectivity index (χ2v) is 9.58. The summed E-state index contributed by atoms with van der Waals surface area (Å²) >= 11 is 1.26. The van der Waals surface area contributed by atoms with Crippen LogP contribution in [-0.2, 0) is 6.42 Å². The molecule has 7 heteroatoms. The van der Waals surface area contributed by atoms with E-state index < -0.39 is 0 Å². The zero-order valence-corrected chi connectivity index (χ0v) is 19.3. The number of aromatic hydroxyl groups is 1. The molecule has 166 valence electrons. The molecule has 1 saturated heterocycles. The monoisotopic (exact) mass is 444 g/mol. The summed E-state index contributed by atoms with van der Waals surface area (Å²) in [5.74, 6) is 1.07. The summed E-state index contributed by atoms with van der Waals surface area (Å²) in [6.07, 6.45) is 0.777. The van der Waals surface area contributed by atoms with Gasteiger partial charge in [0.2, 0.25) is 0 Å². The van der Waals surface area contributed by atoms with Gasteiger partial charge in [0, 0.05) is 43.3 Å². The molecule has 2 heterocycles. The molecule has 0 radical (unpaired) electrons. The fraction of sp³-hybridized carbons (Fsp3) is 0.458. The van der Waals surface area contributed by atoms with E-state index in [1.807, 2.05) is 25.7 Å². The van der Waals surface area contributed by atoms with E-state index in [0.717, 1.165) is 53.2 Å². The Labute approximate surface area is 187 Å². The number of hydrogen-bond acceptors (Lipinski definition) is 5. The van der Waals surface area contributed by atoms with E-state index >= 15 is 0 Å². The van der Waals surface area contributed by atoms with Crippen LogP contribution in [0.4, 0.5) is 14.9 Å². The zero-order valence-electron chi connectivity index (χ0n) is 18.4. The molecule has 31 heavy (non-hydrogen) atoms. The highest BCUT2D eigenvalue weighted by Crippen LogP contribution is 2.44. The number of benzene rings is 2. The number of rotatable bonds is 2. The van der Waals surface area contributed by atoms with E-state index in [2.05, 4.69) is 11.8 Å². The third kappa shape index (κ3) is 4.20. The molecule has 2 atom stereocenters. The Morgan fingerprint density at radius 1 is 1.06 bits per heavy atom. The average molecular weight is 445 g/mol. The third-order valence-corrected chi connectivity index (χ3v) is 7.76. The predicted molar refractivity (Wildman–Crippen MR) is 123 cm³/mol. The Hall–Kier alpha value is -2.41. The number of halogens is 1. The van der Waals surface area contributed by atoms with E-state index in [1.165, 1.54) is 23.9 Å². The third-order valence-electron chi connectivity index (χ3n) is 6.51. The van der Waals surface area contributed by atoms with Gasteiger partial charge >= 0.3 is 0 Å². The molecular weight excluding hydrogens is 415 g/mol. The van der Waals surface area contributed by atoms with Crippen LogP contribution < -0.4 is 9.64 Å². The summed E-state index contributed by atoms with van der Waals surface area (Å²) in [6, 6.07) is 6.49. The molecule has 2 aromatic carbocycles. The van der Waals surface area contributed by atoms with Crippen LogP contribution in [0.15, 0.2) is 24.3 Å². The quantitative estimate of drug-likeness (QED) is 0.704. The van der Waals surface area contributed by atoms with Crippen LogP contribution in [0, 0.1) is 32.5 Å². The van der Waals surface area contributed by atoms with Crippen LogP contribution in [0.1, 0.15) is 29.2 Å². The first-order valence-corrected chi connectivity index (χ1v) is 11.6. The van der Waals surface area contributed by atoms with E-state index in [0.29, 0.717) is 18.8 Å². The van der Waals surface area contributed by atoms with Gasteiger partial charge in [0.1, 0.15) is 17.3 Å². The highest BCUT2D eigenvalue weighted by Gasteiger charge is 2.34. The van der Waals surface area contributed by atoms with Crippen molar-refractivity contribution in [2.45, 2.75) is 39.6 Å². The lowest BCUT2D eigenvalue weighted by atomic mass is 9.89. The molecule has 4 rings (SSSR count). The number of amides is 1. The second-order valence-electron chi connectivity index (χ2n) is 8.53. The number of anilines is 1. The van der Waals surface area contributed by atoms with Crippen LogP contribution in [0.3, 0.4) is 0 Å². The van der Waals surface area contributed by atoms with E-state index in [1.54, 1.807) is 12.1 Å². The Bertz CT molecular complexity index is 988. The number of carbonyl (C=O) groups is 1. The van der Waals surface area contributed by atoms with Gasteiger partial charge in [-0.3, -0.25) is 4.79 Å². The normalized spacial score (nSPS) is 20.9. The number of thioether (sulfide) groups is 1. The summed E-state index contributed by atoms with van der Waals surface area (Å²) in [4.78, 5) is 17.0. The maximum Gasteiger partial charge on any atom is 0.285 e. The first-order chi connectivity index (χ1) is 14.8. The molecule has 5 nitrogen and oxygen atoms in total. The number of hydrogen-bond donors (Lipinski definition) is 1. The Balaban J connectivity index is 1.40. The number of ether oxygens (including phenoxy) is 1. The highest BCUT2D eigenvalue weighted by molar-refractivity contribution is 8.13. The molecule has 2 aliphatic heterocycles. The average Bonchev–Trinajstić information content (AvgIpc) is 2.78. The lowest BCUT2D eigenvalue weighted by Crippen LogP contribution is -2.48. The van der Waals surface area contributed by atoms with Crippen molar-refractivity contribution >= 4 is 22.7 Å². The summed E-state index contributed by atoms with van der Waals surface area (Å²) in [6.45, 7) is 10.6. The standard InChI is InChI=1S/C24H29FN2O3S/c1-14-13-20-17(4)21(28)15(2)16(3)22(20)30-23(14)31-24(29)27-11-9-26(10-12-27)19-7-5-18(25)6-8-19/h5-8,14,23,28H,9-13H2,1-4H3. The van der Waals surface area contributed by atoms with Gasteiger partial charge in [-0.25, -0.2) is 4.39 Å². The maximum absolute atomic E-state index is 13.2. The first-order valence-electron chi connectivity index (χ1n) is 10.7. The van der Waals surface area contributed by atoms with Crippen molar-refractivity contribution in [3.05, 3.63) is 52.3 Å². The fourth-order valence-electron chi connectivity index (χ4n) is 4.34. The SMILES string of the molecule is Cc1c(C)c2c(c(C)c1O)CC(C)C(SC(=O)N1CCN(c3ccc(F)cc3)CC1)O2. The molecule has 0 spiro atoms. The molecule has 1 N–H and O–H groups in total. The van der Waals surface area contributed by atoms with Crippen molar-refractivity contribution in [2.24, 2.45) is 5.92 Å². The summed E-state index contributed by atoms with van der Waals surface area (Å²) in [5.41, 5.74) is 4.42. The number of phenols is 1. The maximum atomic E-state index is 13.2. The highest BCUT2D eigenvalue weighted by atomic mass is 32.2. The Morgan fingerprint density at radius 3 is 2.35 bits per heavy atom. The van der Waals surface area contributed by atoms with Crippen molar-refractivity contribution in [1.82, 2.24) is 4.90 Å². The molecule has 0 saturated carbocycles. The van der Waals surface area contributed by atoms with Gasteiger partial charge < -0.3 is 19.6 Å². The fourth-order valence-corrected chi connectivity index (χ4v) is 5.34. The molecule has 2 aromatic rings. The lowest BCUT2D eigenvalue weighted by molar-refractivity contribution is 0.194. The Kier molecular flexibility index (Phi) is 6.06. The van der Waals surface area contributed by atoms with Crippen LogP contribution >= 0.6 is 11.8 Å². The zero-order chi connectivity index (χ0) is 22.3. The number of carbonyl (C=O) groups excluding carboxylic acids is 1. The minimum atomic E-state index is -0.253. The summed E-state index contributed by atoms with van der Waals surface area (Å²) in [7, 11) is 0. The minimum Gasteiger partial charge on any atom is -0.507 e. The molecule has 2 aliphatic rings. The van der Waals surface area contributed by atoms with Crippen molar-refractivity contribution in [2.75, 3.05) is 31.1 Å². The molecule has 1 amide bonds. The van der Waals surface area contributed by atoms with Gasteiger partial charge in [-0.05, 0) is 79.9 Å². The smallest absolute Gasteiger partial charge is 0.285 e. The predicted octanol–water partition coefficient (Wildman–Crippen LogP) is 5.03. The van der Waals surface area contributed by atoms with Gasteiger partial charge in [-0.2, -0.15) is 0 Å². The molecular formula is C24H29FN2O3S. The number of piperazine rings is 1. The number of nitrogens with zero attached hydrogens (tertiary/aromatic N) is 2. The van der Waals surface area contributed by atoms with Crippen molar-refractivity contribution in [1.29, 1.82) is 0 Å². The van der Waals surface area contributed by atoms with E-state index in [9.17, 15) is 14.3 Å². The molecule has 0 aliphatic carbocycles. The van der Waals surface area contributed by atoms with Crippen molar-refractivity contribution in [3.8, 4) is 11.5 Å². The van der Waals surface area contributed by atoms with Gasteiger partial charge in [0.15, 0.2) is 5.44 Å². The molecule has 0 aromatic heterocycles. The summed E-state index contributed by atoms with van der Waals surface area (Å²) in [5, 5.41) is 10.4. The van der Waals surface area contributed by atoms with Gasteiger partial charge in [-0.15, -0.1) is 0 Å².